The second-order valence-corrected chi connectivity index (χ2v) is 10.6. The van der Waals surface area contributed by atoms with Crippen LogP contribution >= 0.6 is 0 Å². The third-order valence-electron chi connectivity index (χ3n) is 4.32. The first-order valence-electron chi connectivity index (χ1n) is 8.12. The molecule has 0 aliphatic rings. The van der Waals surface area contributed by atoms with Crippen molar-refractivity contribution in [3.8, 4) is 11.5 Å². The van der Waals surface area contributed by atoms with Crippen LogP contribution < -0.4 is 0 Å². The number of alkyl halides is 2. The molecule has 1 unspecified atom stereocenters. The Balaban J connectivity index is 2.72. The predicted molar refractivity (Wildman–Crippen MR) is 92.7 cm³/mol. The van der Waals surface area contributed by atoms with Crippen LogP contribution in [0.1, 0.15) is 31.1 Å². The monoisotopic (exact) mass is 354 g/mol. The third kappa shape index (κ3) is 5.43. The maximum absolute atomic E-state index is 14.0. The zero-order chi connectivity index (χ0) is 18.2. The lowest BCUT2D eigenvalue weighted by molar-refractivity contribution is -0.0868. The number of rotatable bonds is 7. The van der Waals surface area contributed by atoms with E-state index in [-0.39, 0.29) is 5.56 Å². The topological polar surface area (TPSA) is 46.5 Å². The van der Waals surface area contributed by atoms with Crippen molar-refractivity contribution in [2.45, 2.75) is 50.9 Å². The Kier molecular flexibility index (Phi) is 7.58. The summed E-state index contributed by atoms with van der Waals surface area (Å²) in [7, 11) is -2.03. The molecule has 0 spiro atoms. The molecule has 0 saturated heterocycles. The molecule has 0 aromatic heterocycles. The van der Waals surface area contributed by atoms with Crippen LogP contribution in [0.15, 0.2) is 30.3 Å². The number of carbonyl (C=O) groups excluding carboxylic acids is 1. The number of carbonyl (C=O) groups is 1. The summed E-state index contributed by atoms with van der Waals surface area (Å²) in [6.07, 6.45) is -2.14. The summed E-state index contributed by atoms with van der Waals surface area (Å²) < 4.78 is 32.8. The Morgan fingerprint density at radius 3 is 2.25 bits per heavy atom. The first kappa shape index (κ1) is 20.3. The molecule has 0 radical (unpaired) electrons. The standard InChI is InChI=1S/C18H24F2O3Si/c1-4-24(5-2,6-3)13-12-18(19,20)16(21)14-23-17(22)15-10-8-7-9-11-15/h7-11,16,21H,4-6,14H2,1-3H3. The molecule has 1 atom stereocenters. The number of hydrogen-bond donors (Lipinski definition) is 1. The van der Waals surface area contributed by atoms with E-state index in [1.807, 2.05) is 26.7 Å². The lowest BCUT2D eigenvalue weighted by Crippen LogP contribution is -2.38. The molecule has 6 heteroatoms. The Morgan fingerprint density at radius 2 is 1.75 bits per heavy atom. The fraction of sp³-hybridized carbons (Fsp3) is 0.500. The number of hydrogen-bond acceptors (Lipinski definition) is 3. The van der Waals surface area contributed by atoms with Gasteiger partial charge < -0.3 is 9.84 Å². The summed E-state index contributed by atoms with van der Waals surface area (Å²) in [6, 6.07) is 10.4. The van der Waals surface area contributed by atoms with Crippen molar-refractivity contribution in [2.75, 3.05) is 6.61 Å². The van der Waals surface area contributed by atoms with Crippen molar-refractivity contribution in [3.63, 3.8) is 0 Å². The normalized spacial score (nSPS) is 12.9. The Hall–Kier alpha value is -1.71. The Morgan fingerprint density at radius 1 is 1.21 bits per heavy atom. The maximum Gasteiger partial charge on any atom is 0.338 e. The molecular formula is C18H24F2O3Si. The molecule has 0 saturated carbocycles. The van der Waals surface area contributed by atoms with Crippen molar-refractivity contribution in [3.05, 3.63) is 35.9 Å². The van der Waals surface area contributed by atoms with Crippen LogP contribution in [0.5, 0.6) is 0 Å². The fourth-order valence-corrected chi connectivity index (χ4v) is 4.69. The quantitative estimate of drug-likeness (QED) is 0.459. The molecule has 0 heterocycles. The molecule has 0 aliphatic carbocycles. The average molecular weight is 354 g/mol. The van der Waals surface area contributed by atoms with Gasteiger partial charge in [0.2, 0.25) is 0 Å². The molecule has 24 heavy (non-hydrogen) atoms. The zero-order valence-corrected chi connectivity index (χ0v) is 15.3. The molecular weight excluding hydrogens is 330 g/mol. The second-order valence-electron chi connectivity index (χ2n) is 5.69. The molecule has 1 rings (SSSR count). The van der Waals surface area contributed by atoms with Gasteiger partial charge in [-0.2, -0.15) is 8.78 Å². The molecule has 0 bridgehead atoms. The van der Waals surface area contributed by atoms with Crippen LogP contribution in [-0.2, 0) is 4.74 Å². The third-order valence-corrected chi connectivity index (χ3v) is 9.04. The number of benzene rings is 1. The van der Waals surface area contributed by atoms with Crippen LogP contribution in [0.2, 0.25) is 18.1 Å². The van der Waals surface area contributed by atoms with Gasteiger partial charge in [-0.05, 0) is 36.2 Å². The van der Waals surface area contributed by atoms with E-state index in [4.69, 9.17) is 4.74 Å². The molecule has 132 valence electrons. The van der Waals surface area contributed by atoms with E-state index in [2.05, 4.69) is 5.54 Å². The number of aliphatic hydroxyl groups is 1. The van der Waals surface area contributed by atoms with Gasteiger partial charge >= 0.3 is 11.9 Å². The lowest BCUT2D eigenvalue weighted by Gasteiger charge is -2.22. The van der Waals surface area contributed by atoms with Gasteiger partial charge in [0, 0.05) is 0 Å². The van der Waals surface area contributed by atoms with Crippen LogP contribution in [0, 0.1) is 11.5 Å². The van der Waals surface area contributed by atoms with E-state index in [1.54, 1.807) is 18.2 Å². The van der Waals surface area contributed by atoms with E-state index in [1.165, 1.54) is 12.1 Å². The Labute approximate surface area is 143 Å². The predicted octanol–water partition coefficient (Wildman–Crippen LogP) is 3.89. The summed E-state index contributed by atoms with van der Waals surface area (Å²) in [5.74, 6) is -2.40. The van der Waals surface area contributed by atoms with Crippen LogP contribution in [-0.4, -0.2) is 37.8 Å². The second kappa shape index (κ2) is 8.95. The highest BCUT2D eigenvalue weighted by molar-refractivity contribution is 6.87. The molecule has 0 fully saturated rings. The van der Waals surface area contributed by atoms with Gasteiger partial charge in [0.1, 0.15) is 14.7 Å². The number of ether oxygens (including phenoxy) is 1. The zero-order valence-electron chi connectivity index (χ0n) is 14.3. The van der Waals surface area contributed by atoms with E-state index in [0.29, 0.717) is 0 Å². The van der Waals surface area contributed by atoms with Crippen molar-refractivity contribution in [1.29, 1.82) is 0 Å². The number of halogens is 2. The summed E-state index contributed by atoms with van der Waals surface area (Å²) in [4.78, 5) is 11.7. The Bertz CT molecular complexity index is 581. The molecule has 3 nitrogen and oxygen atoms in total. The van der Waals surface area contributed by atoms with E-state index in [9.17, 15) is 18.7 Å². The van der Waals surface area contributed by atoms with Crippen LogP contribution in [0.3, 0.4) is 0 Å². The smallest absolute Gasteiger partial charge is 0.338 e. The largest absolute Gasteiger partial charge is 0.459 e. The minimum Gasteiger partial charge on any atom is -0.459 e. The van der Waals surface area contributed by atoms with Gasteiger partial charge in [-0.15, -0.1) is 5.54 Å². The first-order chi connectivity index (χ1) is 11.3. The highest BCUT2D eigenvalue weighted by Gasteiger charge is 2.38. The highest BCUT2D eigenvalue weighted by atomic mass is 28.3. The molecule has 1 aromatic carbocycles. The van der Waals surface area contributed by atoms with Gasteiger partial charge in [0.25, 0.3) is 0 Å². The van der Waals surface area contributed by atoms with Crippen molar-refractivity contribution >= 4 is 14.0 Å². The minimum atomic E-state index is -3.60. The summed E-state index contributed by atoms with van der Waals surface area (Å²) in [5.41, 5.74) is 3.01. The van der Waals surface area contributed by atoms with E-state index in [0.717, 1.165) is 18.1 Å². The summed E-state index contributed by atoms with van der Waals surface area (Å²) >= 11 is 0. The highest BCUT2D eigenvalue weighted by Crippen LogP contribution is 2.22. The van der Waals surface area contributed by atoms with Gasteiger partial charge in [0.15, 0.2) is 6.10 Å². The molecule has 1 N–H and O–H groups in total. The van der Waals surface area contributed by atoms with E-state index >= 15 is 0 Å². The molecule has 0 amide bonds. The van der Waals surface area contributed by atoms with Crippen molar-refractivity contribution in [1.82, 2.24) is 0 Å². The van der Waals surface area contributed by atoms with Crippen LogP contribution in [0.4, 0.5) is 8.78 Å². The number of aliphatic hydroxyl groups excluding tert-OH is 1. The number of esters is 1. The summed E-state index contributed by atoms with van der Waals surface area (Å²) in [6.45, 7) is 5.09. The van der Waals surface area contributed by atoms with Crippen molar-refractivity contribution < 1.29 is 23.4 Å². The van der Waals surface area contributed by atoms with Gasteiger partial charge in [0.05, 0.1) is 5.56 Å². The molecule has 0 aliphatic heterocycles. The average Bonchev–Trinajstić information content (AvgIpc) is 2.61. The fourth-order valence-electron chi connectivity index (χ4n) is 2.23. The van der Waals surface area contributed by atoms with E-state index < -0.39 is 32.7 Å². The van der Waals surface area contributed by atoms with Crippen molar-refractivity contribution in [2.24, 2.45) is 0 Å². The van der Waals surface area contributed by atoms with Crippen LogP contribution in [0.25, 0.3) is 0 Å². The SMILES string of the molecule is CC[Si](C#CC(F)(F)C(O)COC(=O)c1ccccc1)(CC)CC. The summed E-state index contributed by atoms with van der Waals surface area (Å²) in [5, 5.41) is 9.67. The van der Waals surface area contributed by atoms with Gasteiger partial charge in [-0.25, -0.2) is 4.79 Å². The molecule has 1 aromatic rings. The lowest BCUT2D eigenvalue weighted by atomic mass is 10.2. The first-order valence-corrected chi connectivity index (χ1v) is 10.7. The maximum atomic E-state index is 14.0. The van der Waals surface area contributed by atoms with Gasteiger partial charge in [-0.1, -0.05) is 39.0 Å². The van der Waals surface area contributed by atoms with Gasteiger partial charge in [-0.3, -0.25) is 0 Å². The minimum absolute atomic E-state index is 0.244.